The zero-order chi connectivity index (χ0) is 13.1. The molecule has 4 nitrogen and oxygen atoms in total. The van der Waals surface area contributed by atoms with Gasteiger partial charge in [-0.25, -0.2) is 0 Å². The fourth-order valence-corrected chi connectivity index (χ4v) is 2.40. The molecule has 0 aromatic carbocycles. The van der Waals surface area contributed by atoms with Crippen LogP contribution in [0.3, 0.4) is 0 Å². The minimum atomic E-state index is -0.261. The van der Waals surface area contributed by atoms with E-state index in [4.69, 9.17) is 4.42 Å². The van der Waals surface area contributed by atoms with Gasteiger partial charge in [-0.3, -0.25) is 4.79 Å². The van der Waals surface area contributed by atoms with E-state index in [9.17, 15) is 9.90 Å². The molecule has 18 heavy (non-hydrogen) atoms. The number of hydrogen-bond donors (Lipinski definition) is 1. The summed E-state index contributed by atoms with van der Waals surface area (Å²) in [6.45, 7) is 5.33. The quantitative estimate of drug-likeness (QED) is 0.894. The third-order valence-corrected chi connectivity index (χ3v) is 3.56. The number of furan rings is 1. The van der Waals surface area contributed by atoms with E-state index in [1.54, 1.807) is 4.90 Å². The number of carbonyl (C=O) groups excluding carboxylic acids is 1. The van der Waals surface area contributed by atoms with Crippen LogP contribution in [0, 0.1) is 0 Å². The standard InChI is InChI=1S/C14H21NO3/c1-3-10-9-13(18-12(10)4-2)14(17)15-7-5-11(16)6-8-15/h9,11,16H,3-8H2,1-2H3. The molecule has 0 radical (unpaired) electrons. The number of aliphatic hydroxyl groups excluding tert-OH is 1. The molecule has 0 spiro atoms. The molecule has 1 aromatic rings. The third kappa shape index (κ3) is 2.58. The van der Waals surface area contributed by atoms with Crippen molar-refractivity contribution in [2.75, 3.05) is 13.1 Å². The molecule has 100 valence electrons. The minimum Gasteiger partial charge on any atom is -0.456 e. The summed E-state index contributed by atoms with van der Waals surface area (Å²) in [4.78, 5) is 14.0. The van der Waals surface area contributed by atoms with Crippen LogP contribution < -0.4 is 0 Å². The van der Waals surface area contributed by atoms with E-state index in [2.05, 4.69) is 6.92 Å². The minimum absolute atomic E-state index is 0.0451. The highest BCUT2D eigenvalue weighted by molar-refractivity contribution is 5.91. The Bertz CT molecular complexity index is 395. The Hall–Kier alpha value is -1.29. The number of rotatable bonds is 3. The van der Waals surface area contributed by atoms with E-state index in [0.29, 0.717) is 31.7 Å². The SMILES string of the molecule is CCc1cc(C(=O)N2CCC(O)CC2)oc1CC. The van der Waals surface area contributed by atoms with Crippen molar-refractivity contribution in [1.82, 2.24) is 4.90 Å². The Balaban J connectivity index is 2.11. The summed E-state index contributed by atoms with van der Waals surface area (Å²) in [6, 6.07) is 1.87. The lowest BCUT2D eigenvalue weighted by atomic mass is 10.1. The van der Waals surface area contributed by atoms with Crippen molar-refractivity contribution in [1.29, 1.82) is 0 Å². The molecule has 1 amide bonds. The van der Waals surface area contributed by atoms with Crippen molar-refractivity contribution in [3.05, 3.63) is 23.2 Å². The molecule has 1 aliphatic rings. The first-order chi connectivity index (χ1) is 8.65. The molecule has 1 fully saturated rings. The summed E-state index contributed by atoms with van der Waals surface area (Å²) in [5.41, 5.74) is 1.12. The van der Waals surface area contributed by atoms with E-state index in [1.807, 2.05) is 13.0 Å². The lowest BCUT2D eigenvalue weighted by molar-refractivity contribution is 0.0518. The molecule has 1 N–H and O–H groups in total. The van der Waals surface area contributed by atoms with E-state index in [0.717, 1.165) is 24.2 Å². The van der Waals surface area contributed by atoms with Gasteiger partial charge in [0.05, 0.1) is 6.10 Å². The van der Waals surface area contributed by atoms with Gasteiger partial charge in [-0.05, 0) is 30.9 Å². The molecule has 1 aliphatic heterocycles. The second-order valence-electron chi connectivity index (χ2n) is 4.79. The van der Waals surface area contributed by atoms with Gasteiger partial charge in [0.25, 0.3) is 5.91 Å². The van der Waals surface area contributed by atoms with Crippen molar-refractivity contribution in [3.8, 4) is 0 Å². The van der Waals surface area contributed by atoms with Gasteiger partial charge in [0.1, 0.15) is 5.76 Å². The van der Waals surface area contributed by atoms with E-state index < -0.39 is 0 Å². The van der Waals surface area contributed by atoms with Gasteiger partial charge < -0.3 is 14.4 Å². The van der Waals surface area contributed by atoms with Crippen LogP contribution in [0.25, 0.3) is 0 Å². The highest BCUT2D eigenvalue weighted by atomic mass is 16.4. The summed E-state index contributed by atoms with van der Waals surface area (Å²) < 4.78 is 5.64. The summed E-state index contributed by atoms with van der Waals surface area (Å²) in [5, 5.41) is 9.44. The smallest absolute Gasteiger partial charge is 0.289 e. The summed E-state index contributed by atoms with van der Waals surface area (Å²) in [6.07, 6.45) is 2.76. The summed E-state index contributed by atoms with van der Waals surface area (Å²) in [7, 11) is 0. The largest absolute Gasteiger partial charge is 0.456 e. The monoisotopic (exact) mass is 251 g/mol. The average Bonchev–Trinajstić information content (AvgIpc) is 2.82. The maximum Gasteiger partial charge on any atom is 0.289 e. The highest BCUT2D eigenvalue weighted by Crippen LogP contribution is 2.20. The summed E-state index contributed by atoms with van der Waals surface area (Å²) in [5.74, 6) is 1.31. The van der Waals surface area contributed by atoms with Crippen molar-refractivity contribution < 1.29 is 14.3 Å². The first-order valence-electron chi connectivity index (χ1n) is 6.74. The van der Waals surface area contributed by atoms with E-state index >= 15 is 0 Å². The van der Waals surface area contributed by atoms with Crippen LogP contribution in [0.5, 0.6) is 0 Å². The number of likely N-dealkylation sites (tertiary alicyclic amines) is 1. The van der Waals surface area contributed by atoms with E-state index in [1.165, 1.54) is 0 Å². The van der Waals surface area contributed by atoms with E-state index in [-0.39, 0.29) is 12.0 Å². The van der Waals surface area contributed by atoms with Crippen LogP contribution in [0.2, 0.25) is 0 Å². The molecular weight excluding hydrogens is 230 g/mol. The van der Waals surface area contributed by atoms with Gasteiger partial charge in [-0.15, -0.1) is 0 Å². The number of amides is 1. The molecule has 0 aliphatic carbocycles. The van der Waals surface area contributed by atoms with Gasteiger partial charge in [0.15, 0.2) is 5.76 Å². The van der Waals surface area contributed by atoms with Crippen LogP contribution in [-0.4, -0.2) is 35.1 Å². The second-order valence-corrected chi connectivity index (χ2v) is 4.79. The Kier molecular flexibility index (Phi) is 4.07. The first kappa shape index (κ1) is 13.1. The zero-order valence-electron chi connectivity index (χ0n) is 11.1. The van der Waals surface area contributed by atoms with Crippen molar-refractivity contribution in [2.24, 2.45) is 0 Å². The lowest BCUT2D eigenvalue weighted by Gasteiger charge is -2.28. The number of piperidine rings is 1. The van der Waals surface area contributed by atoms with Crippen LogP contribution in [0.4, 0.5) is 0 Å². The molecule has 4 heteroatoms. The fraction of sp³-hybridized carbons (Fsp3) is 0.643. The molecule has 2 rings (SSSR count). The van der Waals surface area contributed by atoms with Crippen LogP contribution in [0.1, 0.15) is 48.6 Å². The molecule has 2 heterocycles. The lowest BCUT2D eigenvalue weighted by Crippen LogP contribution is -2.39. The van der Waals surface area contributed by atoms with Gasteiger partial charge in [-0.1, -0.05) is 13.8 Å². The van der Waals surface area contributed by atoms with Gasteiger partial charge >= 0.3 is 0 Å². The molecule has 0 atom stereocenters. The maximum atomic E-state index is 12.3. The number of nitrogens with zero attached hydrogens (tertiary/aromatic N) is 1. The Morgan fingerprint density at radius 1 is 1.39 bits per heavy atom. The van der Waals surface area contributed by atoms with Crippen LogP contribution in [-0.2, 0) is 12.8 Å². The third-order valence-electron chi connectivity index (χ3n) is 3.56. The number of aliphatic hydroxyl groups is 1. The van der Waals surface area contributed by atoms with Gasteiger partial charge in [0, 0.05) is 19.5 Å². The number of aryl methyl sites for hydroxylation is 2. The number of carbonyl (C=O) groups is 1. The molecular formula is C14H21NO3. The topological polar surface area (TPSA) is 53.7 Å². The fourth-order valence-electron chi connectivity index (χ4n) is 2.40. The van der Waals surface area contributed by atoms with Gasteiger partial charge in [-0.2, -0.15) is 0 Å². The normalized spacial score (nSPS) is 17.2. The zero-order valence-corrected chi connectivity index (χ0v) is 11.1. The average molecular weight is 251 g/mol. The molecule has 1 aromatic heterocycles. The number of hydrogen-bond acceptors (Lipinski definition) is 3. The Morgan fingerprint density at radius 2 is 2.06 bits per heavy atom. The maximum absolute atomic E-state index is 12.3. The van der Waals surface area contributed by atoms with Crippen molar-refractivity contribution in [3.63, 3.8) is 0 Å². The molecule has 0 bridgehead atoms. The molecule has 0 saturated carbocycles. The van der Waals surface area contributed by atoms with Crippen LogP contribution >= 0.6 is 0 Å². The Labute approximate surface area is 108 Å². The predicted molar refractivity (Wildman–Crippen MR) is 68.6 cm³/mol. The van der Waals surface area contributed by atoms with Crippen molar-refractivity contribution in [2.45, 2.75) is 45.6 Å². The highest BCUT2D eigenvalue weighted by Gasteiger charge is 2.25. The van der Waals surface area contributed by atoms with Gasteiger partial charge in [0.2, 0.25) is 0 Å². The molecule has 0 unspecified atom stereocenters. The second kappa shape index (κ2) is 5.57. The molecule has 1 saturated heterocycles. The van der Waals surface area contributed by atoms with Crippen molar-refractivity contribution >= 4 is 5.91 Å². The summed E-state index contributed by atoms with van der Waals surface area (Å²) >= 11 is 0. The predicted octanol–water partition coefficient (Wildman–Crippen LogP) is 2.00. The Morgan fingerprint density at radius 3 is 2.56 bits per heavy atom. The first-order valence-corrected chi connectivity index (χ1v) is 6.74. The van der Waals surface area contributed by atoms with Crippen LogP contribution in [0.15, 0.2) is 10.5 Å².